The molecule has 2 rings (SSSR count). The van der Waals surface area contributed by atoms with Crippen LogP contribution in [0.4, 0.5) is 0 Å². The van der Waals surface area contributed by atoms with Crippen LogP contribution in [0.5, 0.6) is 23.0 Å². The number of benzene rings is 2. The lowest BCUT2D eigenvalue weighted by Crippen LogP contribution is -1.93. The van der Waals surface area contributed by atoms with Crippen molar-refractivity contribution in [3.05, 3.63) is 47.0 Å². The molecule has 0 bridgehead atoms. The average molecular weight is 293 g/mol. The first-order chi connectivity index (χ1) is 9.67. The van der Waals surface area contributed by atoms with Crippen LogP contribution in [0.2, 0.25) is 5.02 Å². The molecule has 0 spiro atoms. The first-order valence-electron chi connectivity index (χ1n) is 5.82. The summed E-state index contributed by atoms with van der Waals surface area (Å²) >= 11 is 5.95. The van der Waals surface area contributed by atoms with Gasteiger partial charge in [0.2, 0.25) is 0 Å². The molecule has 0 heterocycles. The number of methoxy groups -OCH3 is 2. The lowest BCUT2D eigenvalue weighted by molar-refractivity contribution is 0.112. The zero-order chi connectivity index (χ0) is 14.5. The van der Waals surface area contributed by atoms with Crippen molar-refractivity contribution < 1.29 is 19.0 Å². The normalized spacial score (nSPS) is 9.95. The minimum absolute atomic E-state index is 0.302. The third kappa shape index (κ3) is 3.03. The summed E-state index contributed by atoms with van der Waals surface area (Å²) in [7, 11) is 3.10. The fraction of sp³-hybridized carbons (Fsp3) is 0.133. The molecule has 0 aliphatic carbocycles. The summed E-state index contributed by atoms with van der Waals surface area (Å²) in [5.41, 5.74) is 0.302. The summed E-state index contributed by atoms with van der Waals surface area (Å²) in [6.07, 6.45) is 0.662. The average Bonchev–Trinajstić information content (AvgIpc) is 2.47. The van der Waals surface area contributed by atoms with Gasteiger partial charge >= 0.3 is 0 Å². The smallest absolute Gasteiger partial charge is 0.155 e. The molecule has 0 radical (unpaired) electrons. The minimum atomic E-state index is 0.302. The lowest BCUT2D eigenvalue weighted by atomic mass is 10.2. The van der Waals surface area contributed by atoms with Gasteiger partial charge in [-0.2, -0.15) is 0 Å². The molecule has 2 aromatic rings. The molecule has 0 unspecified atom stereocenters. The molecule has 0 fully saturated rings. The molecule has 0 atom stereocenters. The SMILES string of the molecule is COc1cc(OC)cc(Oc2cccc(Cl)c2C=O)c1. The van der Waals surface area contributed by atoms with Gasteiger partial charge in [0.05, 0.1) is 24.8 Å². The Morgan fingerprint density at radius 2 is 1.60 bits per heavy atom. The van der Waals surface area contributed by atoms with Gasteiger partial charge in [0, 0.05) is 18.2 Å². The molecule has 0 aliphatic heterocycles. The zero-order valence-electron chi connectivity index (χ0n) is 11.1. The maximum Gasteiger partial charge on any atom is 0.155 e. The van der Waals surface area contributed by atoms with Gasteiger partial charge in [-0.15, -0.1) is 0 Å². The number of hydrogen-bond acceptors (Lipinski definition) is 4. The molecule has 0 saturated carbocycles. The van der Waals surface area contributed by atoms with E-state index in [9.17, 15) is 4.79 Å². The second-order valence-electron chi connectivity index (χ2n) is 3.92. The van der Waals surface area contributed by atoms with Crippen LogP contribution in [0.1, 0.15) is 10.4 Å². The Morgan fingerprint density at radius 1 is 1.00 bits per heavy atom. The van der Waals surface area contributed by atoms with E-state index in [1.165, 1.54) is 0 Å². The van der Waals surface area contributed by atoms with Crippen LogP contribution >= 0.6 is 11.6 Å². The predicted molar refractivity (Wildman–Crippen MR) is 76.5 cm³/mol. The summed E-state index contributed by atoms with van der Waals surface area (Å²) in [5, 5.41) is 0.340. The standard InChI is InChI=1S/C15H13ClO4/c1-18-10-6-11(19-2)8-12(7-10)20-15-5-3-4-14(16)13(15)9-17/h3-9H,1-2H3. The van der Waals surface area contributed by atoms with Crippen molar-refractivity contribution >= 4 is 17.9 Å². The number of carbonyl (C=O) groups is 1. The Balaban J connectivity index is 2.39. The van der Waals surface area contributed by atoms with Crippen molar-refractivity contribution in [3.63, 3.8) is 0 Å². The molecular weight excluding hydrogens is 280 g/mol. The zero-order valence-corrected chi connectivity index (χ0v) is 11.8. The second-order valence-corrected chi connectivity index (χ2v) is 4.33. The third-order valence-electron chi connectivity index (χ3n) is 2.68. The van der Waals surface area contributed by atoms with Crippen molar-refractivity contribution in [1.82, 2.24) is 0 Å². The van der Waals surface area contributed by atoms with Gasteiger partial charge in [-0.25, -0.2) is 0 Å². The van der Waals surface area contributed by atoms with Crippen molar-refractivity contribution in [2.24, 2.45) is 0 Å². The van der Waals surface area contributed by atoms with Crippen LogP contribution in [0.3, 0.4) is 0 Å². The molecule has 20 heavy (non-hydrogen) atoms. The number of aldehydes is 1. The summed E-state index contributed by atoms with van der Waals surface area (Å²) in [4.78, 5) is 11.1. The van der Waals surface area contributed by atoms with E-state index in [1.807, 2.05) is 0 Å². The molecular formula is C15H13ClO4. The Labute approximate surface area is 121 Å². The number of rotatable bonds is 5. The third-order valence-corrected chi connectivity index (χ3v) is 3.01. The van der Waals surface area contributed by atoms with Crippen LogP contribution in [0, 0.1) is 0 Å². The van der Waals surface area contributed by atoms with E-state index in [4.69, 9.17) is 25.8 Å². The second kappa shape index (κ2) is 6.30. The molecule has 0 aliphatic rings. The summed E-state index contributed by atoms with van der Waals surface area (Å²) in [5.74, 6) is 2.05. The van der Waals surface area contributed by atoms with E-state index >= 15 is 0 Å². The van der Waals surface area contributed by atoms with E-state index in [-0.39, 0.29) is 0 Å². The number of ether oxygens (including phenoxy) is 3. The lowest BCUT2D eigenvalue weighted by Gasteiger charge is -2.11. The fourth-order valence-corrected chi connectivity index (χ4v) is 1.90. The van der Waals surface area contributed by atoms with Crippen molar-refractivity contribution in [1.29, 1.82) is 0 Å². The monoisotopic (exact) mass is 292 g/mol. The maximum absolute atomic E-state index is 11.1. The number of hydrogen-bond donors (Lipinski definition) is 0. The van der Waals surface area contributed by atoms with Crippen molar-refractivity contribution in [3.8, 4) is 23.0 Å². The van der Waals surface area contributed by atoms with E-state index in [0.29, 0.717) is 39.9 Å². The summed E-state index contributed by atoms with van der Waals surface area (Å²) in [6, 6.07) is 10.1. The highest BCUT2D eigenvalue weighted by atomic mass is 35.5. The van der Waals surface area contributed by atoms with Gasteiger partial charge in [0.1, 0.15) is 23.0 Å². The Kier molecular flexibility index (Phi) is 4.48. The summed E-state index contributed by atoms with van der Waals surface area (Å²) in [6.45, 7) is 0. The van der Waals surface area contributed by atoms with Gasteiger partial charge in [0.15, 0.2) is 6.29 Å². The molecule has 0 aromatic heterocycles. The molecule has 0 N–H and O–H groups in total. The molecule has 0 amide bonds. The highest BCUT2D eigenvalue weighted by Gasteiger charge is 2.10. The largest absolute Gasteiger partial charge is 0.496 e. The van der Waals surface area contributed by atoms with Crippen LogP contribution in [-0.4, -0.2) is 20.5 Å². The van der Waals surface area contributed by atoms with E-state index < -0.39 is 0 Å². The van der Waals surface area contributed by atoms with Crippen LogP contribution < -0.4 is 14.2 Å². The molecule has 4 nitrogen and oxygen atoms in total. The van der Waals surface area contributed by atoms with Crippen molar-refractivity contribution in [2.75, 3.05) is 14.2 Å². The van der Waals surface area contributed by atoms with Gasteiger partial charge < -0.3 is 14.2 Å². The molecule has 2 aromatic carbocycles. The maximum atomic E-state index is 11.1. The van der Waals surface area contributed by atoms with Gasteiger partial charge in [0.25, 0.3) is 0 Å². The molecule has 0 saturated heterocycles. The topological polar surface area (TPSA) is 44.8 Å². The fourth-order valence-electron chi connectivity index (χ4n) is 1.69. The number of carbonyl (C=O) groups excluding carboxylic acids is 1. The quantitative estimate of drug-likeness (QED) is 0.782. The Morgan fingerprint density at radius 3 is 2.15 bits per heavy atom. The Bertz CT molecular complexity index is 603. The van der Waals surface area contributed by atoms with Crippen LogP contribution in [0.15, 0.2) is 36.4 Å². The Hall–Kier alpha value is -2.20. The molecule has 5 heteroatoms. The number of halogens is 1. The van der Waals surface area contributed by atoms with Gasteiger partial charge in [-0.3, -0.25) is 4.79 Å². The van der Waals surface area contributed by atoms with E-state index in [0.717, 1.165) is 0 Å². The molecule has 104 valence electrons. The van der Waals surface area contributed by atoms with E-state index in [2.05, 4.69) is 0 Å². The predicted octanol–water partition coefficient (Wildman–Crippen LogP) is 3.96. The van der Waals surface area contributed by atoms with E-state index in [1.54, 1.807) is 50.6 Å². The highest BCUT2D eigenvalue weighted by molar-refractivity contribution is 6.33. The van der Waals surface area contributed by atoms with Crippen LogP contribution in [0.25, 0.3) is 0 Å². The first-order valence-corrected chi connectivity index (χ1v) is 6.20. The van der Waals surface area contributed by atoms with Crippen molar-refractivity contribution in [2.45, 2.75) is 0 Å². The first kappa shape index (κ1) is 14.2. The van der Waals surface area contributed by atoms with Crippen LogP contribution in [-0.2, 0) is 0 Å². The van der Waals surface area contributed by atoms with Gasteiger partial charge in [-0.1, -0.05) is 17.7 Å². The highest BCUT2D eigenvalue weighted by Crippen LogP contribution is 2.33. The summed E-state index contributed by atoms with van der Waals surface area (Å²) < 4.78 is 16.0. The van der Waals surface area contributed by atoms with Gasteiger partial charge in [-0.05, 0) is 12.1 Å². The minimum Gasteiger partial charge on any atom is -0.496 e.